The SMILES string of the molecule is CC(C)S(=O)(=O)N[C@@H]1CCC[C@@]1(F)c1ccc(Oc2ccccc2)cc1. The zero-order valence-corrected chi connectivity index (χ0v) is 15.8. The summed E-state index contributed by atoms with van der Waals surface area (Å²) in [6, 6.07) is 15.4. The summed E-state index contributed by atoms with van der Waals surface area (Å²) in [6.45, 7) is 3.18. The molecule has 1 fully saturated rings. The Hall–Kier alpha value is -1.92. The zero-order valence-electron chi connectivity index (χ0n) is 15.0. The fourth-order valence-corrected chi connectivity index (χ4v) is 4.20. The molecule has 2 aromatic rings. The van der Waals surface area contributed by atoms with E-state index < -0.39 is 27.0 Å². The fraction of sp³-hybridized carbons (Fsp3) is 0.400. The molecule has 0 aromatic heterocycles. The maximum Gasteiger partial charge on any atom is 0.214 e. The molecule has 26 heavy (non-hydrogen) atoms. The highest BCUT2D eigenvalue weighted by Crippen LogP contribution is 2.43. The molecular weight excluding hydrogens is 353 g/mol. The van der Waals surface area contributed by atoms with Crippen LogP contribution in [0.4, 0.5) is 4.39 Å². The topological polar surface area (TPSA) is 55.4 Å². The Balaban J connectivity index is 1.78. The van der Waals surface area contributed by atoms with Crippen molar-refractivity contribution in [2.75, 3.05) is 0 Å². The summed E-state index contributed by atoms with van der Waals surface area (Å²) in [7, 11) is -3.52. The Morgan fingerprint density at radius 2 is 1.69 bits per heavy atom. The summed E-state index contributed by atoms with van der Waals surface area (Å²) in [4.78, 5) is 0. The number of alkyl halides is 1. The van der Waals surface area contributed by atoms with Gasteiger partial charge in [0, 0.05) is 0 Å². The molecule has 0 saturated heterocycles. The van der Waals surface area contributed by atoms with Gasteiger partial charge in [-0.3, -0.25) is 0 Å². The third kappa shape index (κ3) is 3.91. The smallest absolute Gasteiger partial charge is 0.214 e. The summed E-state index contributed by atoms with van der Waals surface area (Å²) >= 11 is 0. The number of halogens is 1. The van der Waals surface area contributed by atoms with Gasteiger partial charge in [-0.05, 0) is 62.9 Å². The Kier molecular flexibility index (Phi) is 5.34. The van der Waals surface area contributed by atoms with E-state index in [1.54, 1.807) is 38.1 Å². The molecule has 6 heteroatoms. The summed E-state index contributed by atoms with van der Waals surface area (Å²) in [5, 5.41) is -0.589. The van der Waals surface area contributed by atoms with Crippen LogP contribution in [0.1, 0.15) is 38.7 Å². The van der Waals surface area contributed by atoms with Crippen molar-refractivity contribution in [3.05, 3.63) is 60.2 Å². The maximum absolute atomic E-state index is 15.7. The molecule has 1 aliphatic rings. The van der Waals surface area contributed by atoms with E-state index in [0.717, 1.165) is 0 Å². The lowest BCUT2D eigenvalue weighted by Gasteiger charge is -2.29. The normalized spacial score (nSPS) is 23.3. The van der Waals surface area contributed by atoms with Crippen LogP contribution < -0.4 is 9.46 Å². The van der Waals surface area contributed by atoms with Crippen LogP contribution in [-0.4, -0.2) is 19.7 Å². The van der Waals surface area contributed by atoms with Gasteiger partial charge < -0.3 is 4.74 Å². The molecule has 0 amide bonds. The van der Waals surface area contributed by atoms with E-state index in [9.17, 15) is 8.42 Å². The highest BCUT2D eigenvalue weighted by molar-refractivity contribution is 7.90. The number of hydrogen-bond donors (Lipinski definition) is 1. The molecule has 0 bridgehead atoms. The molecule has 1 N–H and O–H groups in total. The van der Waals surface area contributed by atoms with E-state index in [1.165, 1.54) is 0 Å². The second-order valence-corrected chi connectivity index (χ2v) is 9.23. The van der Waals surface area contributed by atoms with Crippen molar-refractivity contribution in [2.45, 2.75) is 50.1 Å². The Morgan fingerprint density at radius 3 is 2.31 bits per heavy atom. The summed E-state index contributed by atoms with van der Waals surface area (Å²) in [5.41, 5.74) is -1.22. The van der Waals surface area contributed by atoms with Crippen LogP contribution in [0.25, 0.3) is 0 Å². The van der Waals surface area contributed by atoms with Crippen LogP contribution in [-0.2, 0) is 15.7 Å². The first-order chi connectivity index (χ1) is 12.3. The maximum atomic E-state index is 15.7. The van der Waals surface area contributed by atoms with Crippen molar-refractivity contribution in [3.8, 4) is 11.5 Å². The van der Waals surface area contributed by atoms with Crippen molar-refractivity contribution in [2.24, 2.45) is 0 Å². The van der Waals surface area contributed by atoms with Gasteiger partial charge in [0.05, 0.1) is 11.3 Å². The van der Waals surface area contributed by atoms with Crippen molar-refractivity contribution in [1.82, 2.24) is 4.72 Å². The third-order valence-electron chi connectivity index (χ3n) is 4.83. The third-order valence-corrected chi connectivity index (χ3v) is 6.68. The zero-order chi connectivity index (χ0) is 18.8. The highest BCUT2D eigenvalue weighted by Gasteiger charge is 2.46. The lowest BCUT2D eigenvalue weighted by Crippen LogP contribution is -2.46. The van der Waals surface area contributed by atoms with Crippen molar-refractivity contribution >= 4 is 10.0 Å². The molecule has 0 unspecified atom stereocenters. The number of benzene rings is 2. The average Bonchev–Trinajstić information content (AvgIpc) is 2.97. The van der Waals surface area contributed by atoms with Crippen LogP contribution >= 0.6 is 0 Å². The molecular formula is C20H24FNO3S. The fourth-order valence-electron chi connectivity index (χ4n) is 3.22. The Morgan fingerprint density at radius 1 is 1.08 bits per heavy atom. The predicted octanol–water partition coefficient (Wildman–Crippen LogP) is 4.52. The number of ether oxygens (including phenoxy) is 1. The lowest BCUT2D eigenvalue weighted by atomic mass is 9.91. The molecule has 0 radical (unpaired) electrons. The van der Waals surface area contributed by atoms with Gasteiger partial charge in [0.1, 0.15) is 11.5 Å². The van der Waals surface area contributed by atoms with Gasteiger partial charge in [0.15, 0.2) is 5.67 Å². The summed E-state index contributed by atoms with van der Waals surface area (Å²) < 4.78 is 48.3. The number of hydrogen-bond acceptors (Lipinski definition) is 3. The van der Waals surface area contributed by atoms with E-state index in [1.807, 2.05) is 30.3 Å². The minimum atomic E-state index is -3.52. The predicted molar refractivity (Wildman–Crippen MR) is 101 cm³/mol. The van der Waals surface area contributed by atoms with Crippen LogP contribution in [0.5, 0.6) is 11.5 Å². The monoisotopic (exact) mass is 377 g/mol. The van der Waals surface area contributed by atoms with E-state index in [2.05, 4.69) is 4.72 Å². The Labute approximate surface area is 154 Å². The molecule has 1 saturated carbocycles. The minimum absolute atomic E-state index is 0.303. The lowest BCUT2D eigenvalue weighted by molar-refractivity contribution is 0.142. The number of rotatable bonds is 6. The van der Waals surface area contributed by atoms with Gasteiger partial charge >= 0.3 is 0 Å². The van der Waals surface area contributed by atoms with Crippen LogP contribution in [0.2, 0.25) is 0 Å². The van der Waals surface area contributed by atoms with Gasteiger partial charge in [-0.15, -0.1) is 0 Å². The van der Waals surface area contributed by atoms with Crippen molar-refractivity contribution in [3.63, 3.8) is 0 Å². The van der Waals surface area contributed by atoms with Crippen molar-refractivity contribution < 1.29 is 17.5 Å². The first kappa shape index (κ1) is 18.9. The van der Waals surface area contributed by atoms with Gasteiger partial charge in [-0.25, -0.2) is 17.5 Å². The van der Waals surface area contributed by atoms with E-state index >= 15 is 4.39 Å². The molecule has 2 atom stereocenters. The first-order valence-corrected chi connectivity index (χ1v) is 10.4. The van der Waals surface area contributed by atoms with Gasteiger partial charge in [-0.2, -0.15) is 0 Å². The van der Waals surface area contributed by atoms with E-state index in [0.29, 0.717) is 36.3 Å². The second-order valence-electron chi connectivity index (χ2n) is 6.96. The standard InChI is InChI=1S/C20H24FNO3S/c1-15(2)26(23,24)22-19-9-6-14-20(19,21)16-10-12-18(13-11-16)25-17-7-4-3-5-8-17/h3-5,7-8,10-13,15,19,22H,6,9,14H2,1-2H3/t19-,20-/m1/s1. The minimum Gasteiger partial charge on any atom is -0.457 e. The molecule has 4 nitrogen and oxygen atoms in total. The molecule has 1 aliphatic carbocycles. The molecule has 3 rings (SSSR count). The van der Waals surface area contributed by atoms with Crippen LogP contribution in [0.15, 0.2) is 54.6 Å². The van der Waals surface area contributed by atoms with Gasteiger partial charge in [0.25, 0.3) is 0 Å². The molecule has 0 spiro atoms. The summed E-state index contributed by atoms with van der Waals surface area (Å²) in [6.07, 6.45) is 1.44. The second kappa shape index (κ2) is 7.37. The molecule has 140 valence electrons. The molecule has 0 heterocycles. The van der Waals surface area contributed by atoms with E-state index in [-0.39, 0.29) is 0 Å². The molecule has 2 aromatic carbocycles. The number of nitrogens with one attached hydrogen (secondary N) is 1. The molecule has 0 aliphatic heterocycles. The van der Waals surface area contributed by atoms with Gasteiger partial charge in [-0.1, -0.05) is 30.3 Å². The Bertz CT molecular complexity index is 837. The number of sulfonamides is 1. The number of para-hydroxylation sites is 1. The van der Waals surface area contributed by atoms with E-state index in [4.69, 9.17) is 4.74 Å². The van der Waals surface area contributed by atoms with Crippen LogP contribution in [0, 0.1) is 0 Å². The highest BCUT2D eigenvalue weighted by atomic mass is 32.2. The van der Waals surface area contributed by atoms with Crippen molar-refractivity contribution in [1.29, 1.82) is 0 Å². The summed E-state index contributed by atoms with van der Waals surface area (Å²) in [5.74, 6) is 1.32. The van der Waals surface area contributed by atoms with Gasteiger partial charge in [0.2, 0.25) is 10.0 Å². The largest absolute Gasteiger partial charge is 0.457 e. The van der Waals surface area contributed by atoms with Crippen LogP contribution in [0.3, 0.4) is 0 Å². The quantitative estimate of drug-likeness (QED) is 0.805. The average molecular weight is 377 g/mol. The first-order valence-electron chi connectivity index (χ1n) is 8.85.